The molecule has 0 radical (unpaired) electrons. The van der Waals surface area contributed by atoms with Gasteiger partial charge in [-0.15, -0.1) is 10.2 Å². The van der Waals surface area contributed by atoms with Crippen LogP contribution in [0.2, 0.25) is 5.15 Å². The Morgan fingerprint density at radius 2 is 2.00 bits per heavy atom. The molecule has 1 atom stereocenters. The zero-order valence-electron chi connectivity index (χ0n) is 13.4. The summed E-state index contributed by atoms with van der Waals surface area (Å²) in [4.78, 5) is 18.6. The molecule has 7 nitrogen and oxygen atoms in total. The highest BCUT2D eigenvalue weighted by molar-refractivity contribution is 6.29. The summed E-state index contributed by atoms with van der Waals surface area (Å²) in [5.41, 5.74) is 5.79. The second-order valence-electron chi connectivity index (χ2n) is 6.35. The fraction of sp³-hybridized carbons (Fsp3) is 0.667. The number of amides is 1. The van der Waals surface area contributed by atoms with Crippen LogP contribution in [0.3, 0.4) is 0 Å². The normalized spacial score (nSPS) is 23.9. The van der Waals surface area contributed by atoms with E-state index in [1.54, 1.807) is 0 Å². The van der Waals surface area contributed by atoms with Gasteiger partial charge >= 0.3 is 0 Å². The van der Waals surface area contributed by atoms with Crippen LogP contribution < -0.4 is 10.6 Å². The van der Waals surface area contributed by atoms with Crippen LogP contribution in [0.5, 0.6) is 0 Å². The minimum atomic E-state index is -0.520. The molecular formula is C15H23ClN6O. The van der Waals surface area contributed by atoms with Crippen LogP contribution in [0.1, 0.15) is 23.2 Å². The number of nitrogens with two attached hydrogens (primary N) is 1. The van der Waals surface area contributed by atoms with Crippen LogP contribution in [-0.2, 0) is 0 Å². The molecule has 3 heterocycles. The van der Waals surface area contributed by atoms with Gasteiger partial charge in [-0.3, -0.25) is 9.69 Å². The van der Waals surface area contributed by atoms with Gasteiger partial charge in [0.1, 0.15) is 0 Å². The van der Waals surface area contributed by atoms with E-state index >= 15 is 0 Å². The number of aromatic nitrogens is 2. The van der Waals surface area contributed by atoms with E-state index in [1.807, 2.05) is 0 Å². The minimum Gasteiger partial charge on any atom is -0.365 e. The number of rotatable bonds is 3. The van der Waals surface area contributed by atoms with E-state index in [4.69, 9.17) is 17.3 Å². The summed E-state index contributed by atoms with van der Waals surface area (Å²) in [7, 11) is 2.19. The molecule has 2 N–H and O–H groups in total. The first kappa shape index (κ1) is 16.4. The van der Waals surface area contributed by atoms with Crippen LogP contribution in [0, 0.1) is 0 Å². The molecule has 23 heavy (non-hydrogen) atoms. The highest BCUT2D eigenvalue weighted by Crippen LogP contribution is 2.22. The van der Waals surface area contributed by atoms with Gasteiger partial charge in [0.25, 0.3) is 5.91 Å². The fourth-order valence-electron chi connectivity index (χ4n) is 3.51. The number of halogens is 1. The predicted octanol–water partition coefficient (Wildman–Crippen LogP) is 0.445. The first-order valence-electron chi connectivity index (χ1n) is 8.05. The first-order valence-corrected chi connectivity index (χ1v) is 8.43. The van der Waals surface area contributed by atoms with Gasteiger partial charge < -0.3 is 15.5 Å². The van der Waals surface area contributed by atoms with Gasteiger partial charge in [0.05, 0.1) is 5.56 Å². The molecule has 0 saturated carbocycles. The van der Waals surface area contributed by atoms with E-state index in [-0.39, 0.29) is 5.15 Å². The summed E-state index contributed by atoms with van der Waals surface area (Å²) < 4.78 is 0. The lowest BCUT2D eigenvalue weighted by Crippen LogP contribution is -2.55. The molecule has 0 bridgehead atoms. The molecule has 126 valence electrons. The van der Waals surface area contributed by atoms with Crippen molar-refractivity contribution in [2.75, 3.05) is 51.2 Å². The molecule has 2 aliphatic heterocycles. The van der Waals surface area contributed by atoms with Crippen LogP contribution in [0.25, 0.3) is 0 Å². The third-order valence-corrected chi connectivity index (χ3v) is 4.92. The van der Waals surface area contributed by atoms with E-state index < -0.39 is 5.91 Å². The molecule has 0 aliphatic carbocycles. The summed E-state index contributed by atoms with van der Waals surface area (Å²) >= 11 is 5.83. The second kappa shape index (κ2) is 6.98. The molecule has 1 aromatic rings. The van der Waals surface area contributed by atoms with Crippen LogP contribution in [0.4, 0.5) is 5.82 Å². The van der Waals surface area contributed by atoms with E-state index in [2.05, 4.69) is 31.9 Å². The lowest BCUT2D eigenvalue weighted by Gasteiger charge is -2.43. The van der Waals surface area contributed by atoms with Crippen molar-refractivity contribution < 1.29 is 4.79 Å². The Hall–Kier alpha value is -1.44. The van der Waals surface area contributed by atoms with Crippen LogP contribution >= 0.6 is 11.6 Å². The molecule has 1 amide bonds. The van der Waals surface area contributed by atoms with E-state index in [9.17, 15) is 4.79 Å². The molecule has 2 aliphatic rings. The fourth-order valence-corrected chi connectivity index (χ4v) is 3.66. The van der Waals surface area contributed by atoms with Crippen molar-refractivity contribution in [3.05, 3.63) is 16.8 Å². The summed E-state index contributed by atoms with van der Waals surface area (Å²) in [5, 5.41) is 8.14. The van der Waals surface area contributed by atoms with Gasteiger partial charge in [0, 0.05) is 38.8 Å². The predicted molar refractivity (Wildman–Crippen MR) is 89.9 cm³/mol. The monoisotopic (exact) mass is 338 g/mol. The largest absolute Gasteiger partial charge is 0.365 e. The maximum absolute atomic E-state index is 11.6. The molecular weight excluding hydrogens is 316 g/mol. The van der Waals surface area contributed by atoms with Gasteiger partial charge in [-0.1, -0.05) is 11.6 Å². The van der Waals surface area contributed by atoms with Gasteiger partial charge in [-0.2, -0.15) is 0 Å². The lowest BCUT2D eigenvalue weighted by atomic mass is 10.0. The highest BCUT2D eigenvalue weighted by atomic mass is 35.5. The Morgan fingerprint density at radius 1 is 1.26 bits per heavy atom. The molecule has 8 heteroatoms. The lowest BCUT2D eigenvalue weighted by molar-refractivity contribution is 0.0996. The first-order chi connectivity index (χ1) is 11.0. The number of piperidine rings is 1. The molecule has 2 saturated heterocycles. The standard InChI is InChI=1S/C15H23ClN6O/c1-20-4-2-3-11(10-20)21-5-7-22(8-6-21)15-12(14(17)23)9-13(16)18-19-15/h9,11H,2-8,10H2,1H3,(H2,17,23)/t11-/m1/s1. The number of carbonyl (C=O) groups excluding carboxylic acids is 1. The Kier molecular flexibility index (Phi) is 4.99. The average molecular weight is 339 g/mol. The SMILES string of the molecule is CN1CCC[C@@H](N2CCN(c3nnc(Cl)cc3C(N)=O)CC2)C1. The average Bonchev–Trinajstić information content (AvgIpc) is 2.55. The van der Waals surface area contributed by atoms with Gasteiger partial charge in [-0.25, -0.2) is 0 Å². The molecule has 0 spiro atoms. The van der Waals surface area contributed by atoms with Crippen molar-refractivity contribution in [3.63, 3.8) is 0 Å². The molecule has 0 aromatic carbocycles. The van der Waals surface area contributed by atoms with E-state index in [0.717, 1.165) is 32.7 Å². The molecule has 3 rings (SSSR count). The smallest absolute Gasteiger partial charge is 0.252 e. The molecule has 2 fully saturated rings. The number of nitrogens with zero attached hydrogens (tertiary/aromatic N) is 5. The topological polar surface area (TPSA) is 78.6 Å². The van der Waals surface area contributed by atoms with Crippen molar-refractivity contribution in [3.8, 4) is 0 Å². The van der Waals surface area contributed by atoms with Gasteiger partial charge in [-0.05, 0) is 32.5 Å². The molecule has 0 unspecified atom stereocenters. The zero-order chi connectivity index (χ0) is 16.4. The van der Waals surface area contributed by atoms with E-state index in [1.165, 1.54) is 25.5 Å². The quantitative estimate of drug-likeness (QED) is 0.862. The number of likely N-dealkylation sites (tertiary alicyclic amines) is 1. The minimum absolute atomic E-state index is 0.187. The van der Waals surface area contributed by atoms with Crippen molar-refractivity contribution in [2.45, 2.75) is 18.9 Å². The molecule has 1 aromatic heterocycles. The maximum atomic E-state index is 11.6. The number of carbonyl (C=O) groups is 1. The Morgan fingerprint density at radius 3 is 2.65 bits per heavy atom. The summed E-state index contributed by atoms with van der Waals surface area (Å²) in [6, 6.07) is 2.12. The number of piperazine rings is 1. The van der Waals surface area contributed by atoms with Crippen molar-refractivity contribution in [1.82, 2.24) is 20.0 Å². The summed E-state index contributed by atoms with van der Waals surface area (Å²) in [6.45, 7) is 5.88. The van der Waals surface area contributed by atoms with Gasteiger partial charge in [0.2, 0.25) is 0 Å². The van der Waals surface area contributed by atoms with Crippen molar-refractivity contribution >= 4 is 23.3 Å². The summed E-state index contributed by atoms with van der Waals surface area (Å²) in [6.07, 6.45) is 2.52. The van der Waals surface area contributed by atoms with Gasteiger partial charge in [0.15, 0.2) is 11.0 Å². The maximum Gasteiger partial charge on any atom is 0.252 e. The number of likely N-dealkylation sites (N-methyl/N-ethyl adjacent to an activating group) is 1. The van der Waals surface area contributed by atoms with E-state index in [0.29, 0.717) is 17.4 Å². The van der Waals surface area contributed by atoms with Crippen molar-refractivity contribution in [2.24, 2.45) is 5.73 Å². The Bertz CT molecular complexity index is 575. The Balaban J connectivity index is 1.66. The number of primary amides is 1. The Labute approximate surface area is 141 Å². The zero-order valence-corrected chi connectivity index (χ0v) is 14.2. The third-order valence-electron chi connectivity index (χ3n) is 4.74. The van der Waals surface area contributed by atoms with Crippen LogP contribution in [-0.4, -0.2) is 78.3 Å². The highest BCUT2D eigenvalue weighted by Gasteiger charge is 2.28. The van der Waals surface area contributed by atoms with Crippen LogP contribution in [0.15, 0.2) is 6.07 Å². The number of anilines is 1. The summed E-state index contributed by atoms with van der Waals surface area (Å²) in [5.74, 6) is 0.0236. The second-order valence-corrected chi connectivity index (χ2v) is 6.74. The third kappa shape index (κ3) is 3.73. The number of hydrogen-bond acceptors (Lipinski definition) is 6. The number of hydrogen-bond donors (Lipinski definition) is 1. The van der Waals surface area contributed by atoms with Crippen molar-refractivity contribution in [1.29, 1.82) is 0 Å².